The van der Waals surface area contributed by atoms with Gasteiger partial charge in [-0.05, 0) is 20.8 Å². The normalized spacial score (nSPS) is 13.3. The predicted octanol–water partition coefficient (Wildman–Crippen LogP) is -0.285. The number of non-ortho nitro benzene ring substituents is 2. The van der Waals surface area contributed by atoms with Gasteiger partial charge in [0.05, 0.1) is 21.5 Å². The van der Waals surface area contributed by atoms with E-state index in [1.165, 1.54) is 20.8 Å². The molecule has 0 radical (unpaired) electrons. The van der Waals surface area contributed by atoms with Gasteiger partial charge in [-0.25, -0.2) is 0 Å². The van der Waals surface area contributed by atoms with E-state index in [0.29, 0.717) is 6.07 Å². The Bertz CT molecular complexity index is 869. The smallest absolute Gasteiger partial charge is 0.325 e. The fraction of sp³-hybridized carbons (Fsp3) is 0.375. The molecule has 14 nitrogen and oxygen atoms in total. The van der Waals surface area contributed by atoms with Crippen LogP contribution in [0.1, 0.15) is 31.1 Å². The molecule has 0 aliphatic rings. The molecule has 3 unspecified atom stereocenters. The van der Waals surface area contributed by atoms with E-state index in [1.54, 1.807) is 0 Å². The Hall–Kier alpha value is -4.10. The number of carboxylic acid groups (broad SMARTS) is 1. The second-order valence-electron chi connectivity index (χ2n) is 6.25. The van der Waals surface area contributed by atoms with Gasteiger partial charge < -0.3 is 21.1 Å². The molecule has 0 aliphatic heterocycles. The molecule has 4 N–H and O–H groups in total. The zero-order valence-electron chi connectivity index (χ0n) is 16.1. The van der Waals surface area contributed by atoms with Gasteiger partial charge in [0.2, 0.25) is 11.8 Å². The molecule has 0 fully saturated rings. The molecular formula is C16H19N5O9. The first-order valence-corrected chi connectivity index (χ1v) is 8.41. The van der Waals surface area contributed by atoms with E-state index in [9.17, 15) is 39.4 Å². The number of nitrogens with one attached hydrogen (secondary N) is 3. The molecule has 3 amide bonds. The number of carbonyl (C=O) groups is 4. The summed E-state index contributed by atoms with van der Waals surface area (Å²) in [6.07, 6.45) is 0. The Morgan fingerprint density at radius 2 is 1.20 bits per heavy atom. The van der Waals surface area contributed by atoms with E-state index in [2.05, 4.69) is 16.0 Å². The average molecular weight is 425 g/mol. The summed E-state index contributed by atoms with van der Waals surface area (Å²) in [4.78, 5) is 67.0. The van der Waals surface area contributed by atoms with Crippen molar-refractivity contribution >= 4 is 35.1 Å². The van der Waals surface area contributed by atoms with E-state index in [0.717, 1.165) is 12.1 Å². The van der Waals surface area contributed by atoms with E-state index < -0.39 is 68.6 Å². The Morgan fingerprint density at radius 1 is 0.800 bits per heavy atom. The van der Waals surface area contributed by atoms with Crippen molar-refractivity contribution in [1.82, 2.24) is 16.0 Å². The molecule has 3 atom stereocenters. The summed E-state index contributed by atoms with van der Waals surface area (Å²) < 4.78 is 0. The number of nitrogens with zero attached hydrogens (tertiary/aromatic N) is 2. The van der Waals surface area contributed by atoms with Crippen LogP contribution in [-0.2, 0) is 14.4 Å². The van der Waals surface area contributed by atoms with Gasteiger partial charge in [0, 0.05) is 12.1 Å². The highest BCUT2D eigenvalue weighted by Crippen LogP contribution is 2.22. The summed E-state index contributed by atoms with van der Waals surface area (Å²) >= 11 is 0. The maximum atomic E-state index is 12.3. The van der Waals surface area contributed by atoms with Crippen LogP contribution in [0.2, 0.25) is 0 Å². The maximum Gasteiger partial charge on any atom is 0.325 e. The number of nitro benzene ring substituents is 2. The van der Waals surface area contributed by atoms with Gasteiger partial charge in [0.15, 0.2) is 0 Å². The first kappa shape index (κ1) is 23.9. The Labute approximate surface area is 168 Å². The van der Waals surface area contributed by atoms with Gasteiger partial charge >= 0.3 is 5.97 Å². The summed E-state index contributed by atoms with van der Waals surface area (Å²) in [6, 6.07) is -1.21. The quantitative estimate of drug-likeness (QED) is 0.302. The summed E-state index contributed by atoms with van der Waals surface area (Å²) in [5.41, 5.74) is -1.76. The van der Waals surface area contributed by atoms with Crippen LogP contribution >= 0.6 is 0 Å². The number of hydrogen-bond donors (Lipinski definition) is 4. The lowest BCUT2D eigenvalue weighted by molar-refractivity contribution is -0.394. The first-order chi connectivity index (χ1) is 13.8. The fourth-order valence-corrected chi connectivity index (χ4v) is 2.09. The molecule has 1 aromatic rings. The van der Waals surface area contributed by atoms with Gasteiger partial charge in [0.1, 0.15) is 18.1 Å². The lowest BCUT2D eigenvalue weighted by Crippen LogP contribution is -2.53. The van der Waals surface area contributed by atoms with E-state index in [4.69, 9.17) is 5.11 Å². The molecule has 0 bridgehead atoms. The molecule has 162 valence electrons. The fourth-order valence-electron chi connectivity index (χ4n) is 2.09. The van der Waals surface area contributed by atoms with Crippen LogP contribution in [0.3, 0.4) is 0 Å². The Morgan fingerprint density at radius 3 is 1.60 bits per heavy atom. The van der Waals surface area contributed by atoms with Crippen molar-refractivity contribution in [1.29, 1.82) is 0 Å². The highest BCUT2D eigenvalue weighted by atomic mass is 16.6. The van der Waals surface area contributed by atoms with Gasteiger partial charge in [-0.3, -0.25) is 39.4 Å². The van der Waals surface area contributed by atoms with E-state index >= 15 is 0 Å². The van der Waals surface area contributed by atoms with Gasteiger partial charge in [-0.15, -0.1) is 0 Å². The number of benzene rings is 1. The molecule has 0 saturated heterocycles. The monoisotopic (exact) mass is 425 g/mol. The zero-order valence-corrected chi connectivity index (χ0v) is 16.1. The lowest BCUT2D eigenvalue weighted by atomic mass is 10.1. The van der Waals surface area contributed by atoms with Crippen molar-refractivity contribution < 1.29 is 34.1 Å². The molecule has 1 rings (SSSR count). The largest absolute Gasteiger partial charge is 0.480 e. The third-order valence-corrected chi connectivity index (χ3v) is 3.81. The van der Waals surface area contributed by atoms with Crippen LogP contribution in [0.5, 0.6) is 0 Å². The molecule has 0 saturated carbocycles. The van der Waals surface area contributed by atoms with Gasteiger partial charge in [-0.2, -0.15) is 0 Å². The molecule has 0 aromatic heterocycles. The van der Waals surface area contributed by atoms with Crippen molar-refractivity contribution in [3.05, 3.63) is 44.0 Å². The van der Waals surface area contributed by atoms with Crippen LogP contribution in [-0.4, -0.2) is 56.8 Å². The summed E-state index contributed by atoms with van der Waals surface area (Å²) in [5, 5.41) is 37.2. The average Bonchev–Trinajstić information content (AvgIpc) is 2.66. The van der Waals surface area contributed by atoms with Crippen LogP contribution in [0.25, 0.3) is 0 Å². The van der Waals surface area contributed by atoms with E-state index in [1.807, 2.05) is 0 Å². The summed E-state index contributed by atoms with van der Waals surface area (Å²) in [6.45, 7) is 3.78. The molecule has 1 aromatic carbocycles. The lowest BCUT2D eigenvalue weighted by Gasteiger charge is -2.19. The summed E-state index contributed by atoms with van der Waals surface area (Å²) in [5.74, 6) is -3.84. The minimum Gasteiger partial charge on any atom is -0.480 e. The van der Waals surface area contributed by atoms with Crippen molar-refractivity contribution in [3.63, 3.8) is 0 Å². The van der Waals surface area contributed by atoms with Gasteiger partial charge in [0.25, 0.3) is 17.3 Å². The van der Waals surface area contributed by atoms with Crippen LogP contribution in [0.4, 0.5) is 11.4 Å². The number of aliphatic carboxylic acids is 1. The first-order valence-electron chi connectivity index (χ1n) is 8.41. The van der Waals surface area contributed by atoms with Crippen molar-refractivity contribution in [3.8, 4) is 0 Å². The minimum absolute atomic E-state index is 0.406. The third-order valence-electron chi connectivity index (χ3n) is 3.81. The number of nitro groups is 2. The topological polar surface area (TPSA) is 211 Å². The molecule has 0 heterocycles. The van der Waals surface area contributed by atoms with Crippen molar-refractivity contribution in [2.24, 2.45) is 0 Å². The SMILES string of the molecule is CC(NC(=O)C(C)NC(=O)C(C)NC(=O)c1cc([N+](=O)[O-])cc([N+](=O)[O-])c1)C(=O)O. The highest BCUT2D eigenvalue weighted by molar-refractivity contribution is 5.99. The van der Waals surface area contributed by atoms with E-state index in [-0.39, 0.29) is 0 Å². The molecule has 0 aliphatic carbocycles. The van der Waals surface area contributed by atoms with Crippen LogP contribution in [0.15, 0.2) is 18.2 Å². The highest BCUT2D eigenvalue weighted by Gasteiger charge is 2.25. The number of rotatable bonds is 9. The number of hydrogen-bond acceptors (Lipinski definition) is 8. The molecule has 30 heavy (non-hydrogen) atoms. The second kappa shape index (κ2) is 9.90. The van der Waals surface area contributed by atoms with Crippen molar-refractivity contribution in [2.75, 3.05) is 0 Å². The second-order valence-corrected chi connectivity index (χ2v) is 6.25. The molecular weight excluding hydrogens is 406 g/mol. The number of carboxylic acids is 1. The molecule has 14 heteroatoms. The van der Waals surface area contributed by atoms with Crippen LogP contribution < -0.4 is 16.0 Å². The summed E-state index contributed by atoms with van der Waals surface area (Å²) in [7, 11) is 0. The Balaban J connectivity index is 2.83. The maximum absolute atomic E-state index is 12.3. The number of carbonyl (C=O) groups excluding carboxylic acids is 3. The minimum atomic E-state index is -1.27. The third kappa shape index (κ3) is 6.50. The Kier molecular flexibility index (Phi) is 7.90. The van der Waals surface area contributed by atoms with Gasteiger partial charge in [-0.1, -0.05) is 0 Å². The number of amides is 3. The van der Waals surface area contributed by atoms with Crippen molar-refractivity contribution in [2.45, 2.75) is 38.9 Å². The standard InChI is InChI=1S/C16H19N5O9/c1-7(14(23)19-9(3)16(25)26)17-13(22)8(2)18-15(24)10-4-11(20(27)28)6-12(5-10)21(29)30/h4-9H,1-3H3,(H,17,22)(H,18,24)(H,19,23)(H,25,26). The zero-order chi connectivity index (χ0) is 23.2. The predicted molar refractivity (Wildman–Crippen MR) is 99.5 cm³/mol. The molecule has 0 spiro atoms. The van der Waals surface area contributed by atoms with Crippen LogP contribution in [0, 0.1) is 20.2 Å².